The number of hydrogen-bond donors (Lipinski definition) is 3. The first-order valence-corrected chi connectivity index (χ1v) is 3.10. The highest BCUT2D eigenvalue weighted by atomic mass is 79.9. The minimum atomic E-state index is -0.354. The second-order valence-electron chi connectivity index (χ2n) is 1.02. The summed E-state index contributed by atoms with van der Waals surface area (Å²) in [6.45, 7) is 1.39. The second-order valence-corrected chi connectivity index (χ2v) is 2.35. The number of aliphatic hydroxyl groups is 3. The summed E-state index contributed by atoms with van der Waals surface area (Å²) in [5, 5.41) is 22.9. The molecule has 0 aliphatic carbocycles. The zero-order valence-electron chi connectivity index (χ0n) is 4.71. The summed E-state index contributed by atoms with van der Waals surface area (Å²) in [6, 6.07) is 0. The molecule has 0 rings (SSSR count). The molecule has 0 saturated carbocycles. The number of rotatable bonds is 1. The normalized spacial score (nSPS) is 11.6. The van der Waals surface area contributed by atoms with Crippen molar-refractivity contribution in [3.05, 3.63) is 0 Å². The van der Waals surface area contributed by atoms with E-state index in [1.165, 1.54) is 0 Å². The average molecular weight is 187 g/mol. The molecule has 0 fully saturated rings. The fourth-order valence-electron chi connectivity index (χ4n) is 0. The van der Waals surface area contributed by atoms with E-state index >= 15 is 0 Å². The molecule has 0 spiro atoms. The first-order chi connectivity index (χ1) is 3.65. The van der Waals surface area contributed by atoms with Crippen LogP contribution in [0.3, 0.4) is 0 Å². The minimum Gasteiger partial charge on any atom is -0.394 e. The summed E-state index contributed by atoms with van der Waals surface area (Å²) in [5.74, 6) is 0. The maximum atomic E-state index is 7.97. The molecule has 0 bridgehead atoms. The van der Waals surface area contributed by atoms with Gasteiger partial charge in [-0.15, -0.1) is 0 Å². The lowest BCUT2D eigenvalue weighted by molar-refractivity contribution is 0.186. The van der Waals surface area contributed by atoms with Crippen molar-refractivity contribution in [2.75, 3.05) is 13.2 Å². The van der Waals surface area contributed by atoms with Gasteiger partial charge in [-0.2, -0.15) is 0 Å². The molecule has 0 aromatic rings. The highest BCUT2D eigenvalue weighted by molar-refractivity contribution is 9.09. The molecule has 4 heteroatoms. The maximum Gasteiger partial charge on any atom is 0.106 e. The molecule has 0 heterocycles. The number of aliphatic hydroxyl groups excluding tert-OH is 3. The van der Waals surface area contributed by atoms with Crippen molar-refractivity contribution in [1.82, 2.24) is 0 Å². The monoisotopic (exact) mass is 186 g/mol. The molecule has 1 unspecified atom stereocenters. The zero-order valence-corrected chi connectivity index (χ0v) is 6.30. The second kappa shape index (κ2) is 10.4. The van der Waals surface area contributed by atoms with Crippen LogP contribution in [-0.4, -0.2) is 33.5 Å². The Hall–Kier alpha value is 0.360. The van der Waals surface area contributed by atoms with Crippen molar-refractivity contribution in [3.63, 3.8) is 0 Å². The molecule has 0 aliphatic rings. The topological polar surface area (TPSA) is 60.7 Å². The molecule has 3 N–H and O–H groups in total. The quantitative estimate of drug-likeness (QED) is 0.493. The Bertz CT molecular complexity index is 27.7. The van der Waals surface area contributed by atoms with E-state index in [9.17, 15) is 0 Å². The van der Waals surface area contributed by atoms with Gasteiger partial charge in [0.1, 0.15) is 5.01 Å². The van der Waals surface area contributed by atoms with Gasteiger partial charge in [0.25, 0.3) is 0 Å². The van der Waals surface area contributed by atoms with E-state index in [1.807, 2.05) is 0 Å². The van der Waals surface area contributed by atoms with Crippen LogP contribution in [0.15, 0.2) is 0 Å². The molecule has 0 amide bonds. The van der Waals surface area contributed by atoms with Gasteiger partial charge in [0.15, 0.2) is 0 Å². The highest BCUT2D eigenvalue weighted by Gasteiger charge is 1.72. The van der Waals surface area contributed by atoms with Crippen LogP contribution in [0, 0.1) is 0 Å². The summed E-state index contributed by atoms with van der Waals surface area (Å²) in [4.78, 5) is 0. The fraction of sp³-hybridized carbons (Fsp3) is 1.00. The van der Waals surface area contributed by atoms with Gasteiger partial charge in [-0.05, 0) is 6.92 Å². The average Bonchev–Trinajstić information content (AvgIpc) is 1.65. The lowest BCUT2D eigenvalue weighted by Gasteiger charge is -1.77. The third kappa shape index (κ3) is 98.8. The summed E-state index contributed by atoms with van der Waals surface area (Å²) >= 11 is 2.83. The maximum absolute atomic E-state index is 7.97. The van der Waals surface area contributed by atoms with E-state index in [0.717, 1.165) is 0 Å². The van der Waals surface area contributed by atoms with Gasteiger partial charge in [0, 0.05) is 0 Å². The molecular formula is C4H11BrO3. The largest absolute Gasteiger partial charge is 0.394 e. The van der Waals surface area contributed by atoms with Crippen LogP contribution in [0.25, 0.3) is 0 Å². The molecule has 0 aromatic carbocycles. The van der Waals surface area contributed by atoms with Crippen molar-refractivity contribution in [3.8, 4) is 0 Å². The Labute approximate surface area is 57.1 Å². The Morgan fingerprint density at radius 1 is 1.38 bits per heavy atom. The molecule has 0 saturated heterocycles. The summed E-state index contributed by atoms with van der Waals surface area (Å²) in [6.07, 6.45) is 0. The van der Waals surface area contributed by atoms with Gasteiger partial charge in [0.2, 0.25) is 0 Å². The van der Waals surface area contributed by atoms with Crippen LogP contribution in [0.2, 0.25) is 0 Å². The van der Waals surface area contributed by atoms with Crippen LogP contribution in [0.4, 0.5) is 0 Å². The summed E-state index contributed by atoms with van der Waals surface area (Å²) in [7, 11) is 0. The van der Waals surface area contributed by atoms with E-state index in [0.29, 0.717) is 0 Å². The van der Waals surface area contributed by atoms with Crippen molar-refractivity contribution < 1.29 is 15.3 Å². The molecule has 52 valence electrons. The van der Waals surface area contributed by atoms with E-state index in [4.69, 9.17) is 15.3 Å². The number of halogens is 1. The Morgan fingerprint density at radius 3 is 1.50 bits per heavy atom. The summed E-state index contributed by atoms with van der Waals surface area (Å²) < 4.78 is 0. The van der Waals surface area contributed by atoms with E-state index in [-0.39, 0.29) is 18.2 Å². The van der Waals surface area contributed by atoms with E-state index in [1.54, 1.807) is 6.92 Å². The van der Waals surface area contributed by atoms with E-state index < -0.39 is 0 Å². The van der Waals surface area contributed by atoms with Gasteiger partial charge < -0.3 is 15.3 Å². The Balaban J connectivity index is 0. The molecule has 3 nitrogen and oxygen atoms in total. The van der Waals surface area contributed by atoms with Crippen molar-refractivity contribution in [2.24, 2.45) is 0 Å². The predicted molar refractivity (Wildman–Crippen MR) is 34.8 cm³/mol. The van der Waals surface area contributed by atoms with Gasteiger partial charge in [-0.3, -0.25) is 0 Å². The first kappa shape index (κ1) is 11.2. The molecular weight excluding hydrogens is 176 g/mol. The lowest BCUT2D eigenvalue weighted by Crippen LogP contribution is -1.85. The van der Waals surface area contributed by atoms with Gasteiger partial charge in [0.05, 0.1) is 13.2 Å². The number of hydrogen-bond acceptors (Lipinski definition) is 3. The Kier molecular flexibility index (Phi) is 14.5. The smallest absolute Gasteiger partial charge is 0.106 e. The lowest BCUT2D eigenvalue weighted by atomic mass is 10.8. The van der Waals surface area contributed by atoms with Crippen LogP contribution in [-0.2, 0) is 0 Å². The Morgan fingerprint density at radius 2 is 1.50 bits per heavy atom. The molecule has 0 aliphatic heterocycles. The van der Waals surface area contributed by atoms with Gasteiger partial charge >= 0.3 is 0 Å². The highest BCUT2D eigenvalue weighted by Crippen LogP contribution is 1.85. The van der Waals surface area contributed by atoms with Crippen LogP contribution < -0.4 is 0 Å². The van der Waals surface area contributed by atoms with Crippen molar-refractivity contribution in [2.45, 2.75) is 11.9 Å². The zero-order chi connectivity index (χ0) is 6.99. The standard InChI is InChI=1S/C2H5BrO.C2H6O2/c1-2(3)4;3-1-2-4/h2,4H,1H3;3-4H,1-2H2. The molecule has 1 atom stereocenters. The molecule has 0 radical (unpaired) electrons. The van der Waals surface area contributed by atoms with Gasteiger partial charge in [-0.1, -0.05) is 15.9 Å². The molecule has 0 aromatic heterocycles. The first-order valence-electron chi connectivity index (χ1n) is 2.19. The van der Waals surface area contributed by atoms with Gasteiger partial charge in [-0.25, -0.2) is 0 Å². The van der Waals surface area contributed by atoms with Crippen LogP contribution in [0.5, 0.6) is 0 Å². The third-order valence-electron chi connectivity index (χ3n) is 0.1000. The van der Waals surface area contributed by atoms with Crippen molar-refractivity contribution in [1.29, 1.82) is 0 Å². The SMILES string of the molecule is CC(O)Br.OCCO. The number of alkyl halides is 1. The van der Waals surface area contributed by atoms with Crippen LogP contribution in [0.1, 0.15) is 6.92 Å². The summed E-state index contributed by atoms with van der Waals surface area (Å²) in [5.41, 5.74) is 0. The van der Waals surface area contributed by atoms with Crippen molar-refractivity contribution >= 4 is 15.9 Å². The fourth-order valence-corrected chi connectivity index (χ4v) is 0. The van der Waals surface area contributed by atoms with Crippen LogP contribution >= 0.6 is 15.9 Å². The third-order valence-corrected chi connectivity index (χ3v) is 0.1000. The van der Waals surface area contributed by atoms with E-state index in [2.05, 4.69) is 15.9 Å². The predicted octanol–water partition coefficient (Wildman–Crippen LogP) is -0.309. The minimum absolute atomic E-state index is 0.125. The molecule has 8 heavy (non-hydrogen) atoms.